The van der Waals surface area contributed by atoms with E-state index in [0.29, 0.717) is 34.0 Å². The summed E-state index contributed by atoms with van der Waals surface area (Å²) in [6, 6.07) is 13.7. The molecule has 8 heteroatoms. The minimum Gasteiger partial charge on any atom is -0.343 e. The fourth-order valence-corrected chi connectivity index (χ4v) is 2.96. The smallest absolute Gasteiger partial charge is 0.256 e. The van der Waals surface area contributed by atoms with Crippen molar-refractivity contribution in [3.8, 4) is 11.5 Å². The number of amides is 2. The average molecular weight is 415 g/mol. The Morgan fingerprint density at radius 2 is 1.65 bits per heavy atom. The van der Waals surface area contributed by atoms with Crippen LogP contribution in [0.25, 0.3) is 11.5 Å². The summed E-state index contributed by atoms with van der Waals surface area (Å²) in [7, 11) is 0. The van der Waals surface area contributed by atoms with Crippen molar-refractivity contribution in [1.82, 2.24) is 15.0 Å². The van der Waals surface area contributed by atoms with Gasteiger partial charge in [-0.2, -0.15) is 0 Å². The van der Waals surface area contributed by atoms with Crippen LogP contribution in [0.2, 0.25) is 0 Å². The Morgan fingerprint density at radius 3 is 2.32 bits per heavy atom. The lowest BCUT2D eigenvalue weighted by atomic mass is 10.1. The van der Waals surface area contributed by atoms with Crippen molar-refractivity contribution in [1.29, 1.82) is 0 Å². The van der Waals surface area contributed by atoms with Gasteiger partial charge in [-0.3, -0.25) is 14.6 Å². The maximum Gasteiger partial charge on any atom is 0.256 e. The minimum absolute atomic E-state index is 0.315. The number of anilines is 2. The third-order valence-electron chi connectivity index (χ3n) is 4.61. The van der Waals surface area contributed by atoms with Crippen LogP contribution in [0.4, 0.5) is 15.8 Å². The highest BCUT2D eigenvalue weighted by molar-refractivity contribution is 6.08. The number of hydrogen-bond acceptors (Lipinski definition) is 4. The molecule has 7 nitrogen and oxygen atoms in total. The zero-order valence-corrected chi connectivity index (χ0v) is 16.5. The molecule has 0 fully saturated rings. The van der Waals surface area contributed by atoms with E-state index in [2.05, 4.69) is 25.6 Å². The fourth-order valence-electron chi connectivity index (χ4n) is 2.96. The third kappa shape index (κ3) is 4.64. The zero-order valence-electron chi connectivity index (χ0n) is 16.5. The second-order valence-corrected chi connectivity index (χ2v) is 6.81. The summed E-state index contributed by atoms with van der Waals surface area (Å²) in [5.74, 6) is -0.508. The van der Waals surface area contributed by atoms with E-state index in [1.165, 1.54) is 24.3 Å². The van der Waals surface area contributed by atoms with Gasteiger partial charge < -0.3 is 15.6 Å². The van der Waals surface area contributed by atoms with Crippen LogP contribution in [0.15, 0.2) is 73.2 Å². The molecule has 4 aromatic rings. The van der Waals surface area contributed by atoms with E-state index in [-0.39, 0.29) is 5.91 Å². The van der Waals surface area contributed by atoms with Gasteiger partial charge in [0.25, 0.3) is 11.8 Å². The number of aromatic nitrogens is 3. The molecule has 0 saturated heterocycles. The molecule has 0 bridgehead atoms. The van der Waals surface area contributed by atoms with Crippen molar-refractivity contribution in [3.05, 3.63) is 95.7 Å². The molecule has 0 atom stereocenters. The number of nitrogens with zero attached hydrogens (tertiary/aromatic N) is 2. The first-order valence-corrected chi connectivity index (χ1v) is 9.44. The number of carbonyl (C=O) groups is 2. The Balaban J connectivity index is 1.48. The van der Waals surface area contributed by atoms with Crippen LogP contribution in [0.5, 0.6) is 0 Å². The molecule has 0 radical (unpaired) electrons. The monoisotopic (exact) mass is 415 g/mol. The molecule has 2 aromatic carbocycles. The number of pyridine rings is 1. The Labute approximate surface area is 177 Å². The first kappa shape index (κ1) is 20.0. The Hall–Kier alpha value is -4.33. The number of imidazole rings is 1. The number of nitrogens with one attached hydrogen (secondary N) is 3. The highest BCUT2D eigenvalue weighted by Gasteiger charge is 2.13. The fraction of sp³-hybridized carbons (Fsp3) is 0.0435. The predicted molar refractivity (Wildman–Crippen MR) is 115 cm³/mol. The standard InChI is InChI=1S/C23H18FN5O2/c1-14-2-7-17(28-22(30)15-3-5-16(24)6-4-15)12-19(14)23(31)29-18-8-9-20(27-13-18)21-25-10-11-26-21/h2-13H,1H3,(H,25,26)(H,28,30)(H,29,31). The number of halogens is 1. The molecule has 2 amide bonds. The molecule has 2 aromatic heterocycles. The van der Waals surface area contributed by atoms with Gasteiger partial charge in [0.2, 0.25) is 0 Å². The number of H-pyrrole nitrogens is 1. The second kappa shape index (κ2) is 8.58. The molecule has 154 valence electrons. The quantitative estimate of drug-likeness (QED) is 0.449. The van der Waals surface area contributed by atoms with Crippen LogP contribution in [0.3, 0.4) is 0 Å². The van der Waals surface area contributed by atoms with Crippen molar-refractivity contribution in [2.75, 3.05) is 10.6 Å². The predicted octanol–water partition coefficient (Wildman–Crippen LogP) is 4.42. The van der Waals surface area contributed by atoms with Gasteiger partial charge in [0, 0.05) is 29.2 Å². The van der Waals surface area contributed by atoms with Crippen LogP contribution in [0.1, 0.15) is 26.3 Å². The van der Waals surface area contributed by atoms with Crippen LogP contribution < -0.4 is 10.6 Å². The van der Waals surface area contributed by atoms with Gasteiger partial charge >= 0.3 is 0 Å². The first-order chi connectivity index (χ1) is 15.0. The summed E-state index contributed by atoms with van der Waals surface area (Å²) in [5.41, 5.74) is 3.11. The van der Waals surface area contributed by atoms with Gasteiger partial charge in [-0.25, -0.2) is 9.37 Å². The van der Waals surface area contributed by atoms with Gasteiger partial charge in [0.1, 0.15) is 11.5 Å². The van der Waals surface area contributed by atoms with E-state index in [9.17, 15) is 14.0 Å². The Morgan fingerprint density at radius 1 is 0.903 bits per heavy atom. The SMILES string of the molecule is Cc1ccc(NC(=O)c2ccc(F)cc2)cc1C(=O)Nc1ccc(-c2ncc[nH]2)nc1. The number of aryl methyl sites for hydroxylation is 1. The second-order valence-electron chi connectivity index (χ2n) is 6.81. The molecule has 3 N–H and O–H groups in total. The largest absolute Gasteiger partial charge is 0.343 e. The van der Waals surface area contributed by atoms with Gasteiger partial charge in [-0.15, -0.1) is 0 Å². The molecule has 2 heterocycles. The van der Waals surface area contributed by atoms with Crippen LogP contribution in [-0.2, 0) is 0 Å². The Bertz CT molecular complexity index is 1220. The third-order valence-corrected chi connectivity index (χ3v) is 4.61. The summed E-state index contributed by atoms with van der Waals surface area (Å²) in [5, 5.41) is 5.53. The summed E-state index contributed by atoms with van der Waals surface area (Å²) >= 11 is 0. The molecule has 0 spiro atoms. The molecule has 0 aliphatic heterocycles. The van der Waals surface area contributed by atoms with Crippen LogP contribution in [0, 0.1) is 12.7 Å². The van der Waals surface area contributed by atoms with E-state index in [1.807, 2.05) is 0 Å². The van der Waals surface area contributed by atoms with E-state index < -0.39 is 11.7 Å². The van der Waals surface area contributed by atoms with Crippen molar-refractivity contribution in [2.45, 2.75) is 6.92 Å². The van der Waals surface area contributed by atoms with E-state index in [4.69, 9.17) is 0 Å². The summed E-state index contributed by atoms with van der Waals surface area (Å²) in [6.45, 7) is 1.80. The molecule has 0 aliphatic carbocycles. The Kier molecular flexibility index (Phi) is 5.53. The van der Waals surface area contributed by atoms with E-state index >= 15 is 0 Å². The lowest BCUT2D eigenvalue weighted by Gasteiger charge is -2.11. The molecular formula is C23H18FN5O2. The summed E-state index contributed by atoms with van der Waals surface area (Å²) < 4.78 is 13.1. The number of hydrogen-bond donors (Lipinski definition) is 3. The maximum absolute atomic E-state index is 13.1. The van der Waals surface area contributed by atoms with Crippen molar-refractivity contribution in [2.24, 2.45) is 0 Å². The number of carbonyl (C=O) groups excluding carboxylic acids is 2. The number of aromatic amines is 1. The molecule has 4 rings (SSSR count). The normalized spacial score (nSPS) is 10.5. The topological polar surface area (TPSA) is 99.8 Å². The minimum atomic E-state index is -0.419. The van der Waals surface area contributed by atoms with Crippen LogP contribution >= 0.6 is 0 Å². The lowest BCUT2D eigenvalue weighted by molar-refractivity contribution is 0.101. The highest BCUT2D eigenvalue weighted by atomic mass is 19.1. The number of rotatable bonds is 5. The van der Waals surface area contributed by atoms with Gasteiger partial charge in [-0.1, -0.05) is 6.07 Å². The maximum atomic E-state index is 13.1. The summed E-state index contributed by atoms with van der Waals surface area (Å²) in [4.78, 5) is 36.5. The number of benzene rings is 2. The van der Waals surface area contributed by atoms with Crippen LogP contribution in [-0.4, -0.2) is 26.8 Å². The van der Waals surface area contributed by atoms with Gasteiger partial charge in [0.05, 0.1) is 11.9 Å². The molecular weight excluding hydrogens is 397 g/mol. The van der Waals surface area contributed by atoms with Gasteiger partial charge in [-0.05, 0) is 61.0 Å². The van der Waals surface area contributed by atoms with Crippen molar-refractivity contribution < 1.29 is 14.0 Å². The molecule has 0 unspecified atom stereocenters. The van der Waals surface area contributed by atoms with E-state index in [1.54, 1.807) is 55.8 Å². The molecule has 0 saturated carbocycles. The summed E-state index contributed by atoms with van der Waals surface area (Å²) in [6.07, 6.45) is 4.89. The van der Waals surface area contributed by atoms with Gasteiger partial charge in [0.15, 0.2) is 5.82 Å². The lowest BCUT2D eigenvalue weighted by Crippen LogP contribution is -2.16. The average Bonchev–Trinajstić information content (AvgIpc) is 3.31. The highest BCUT2D eigenvalue weighted by Crippen LogP contribution is 2.19. The zero-order chi connectivity index (χ0) is 21.8. The van der Waals surface area contributed by atoms with Crippen molar-refractivity contribution in [3.63, 3.8) is 0 Å². The molecule has 31 heavy (non-hydrogen) atoms. The first-order valence-electron chi connectivity index (χ1n) is 9.44. The van der Waals surface area contributed by atoms with Crippen molar-refractivity contribution >= 4 is 23.2 Å². The van der Waals surface area contributed by atoms with E-state index in [0.717, 1.165) is 5.56 Å². The molecule has 0 aliphatic rings.